The highest BCUT2D eigenvalue weighted by Crippen LogP contribution is 2.38. The molecule has 0 aliphatic carbocycles. The quantitative estimate of drug-likeness (QED) is 0.833. The van der Waals surface area contributed by atoms with Gasteiger partial charge in [0.1, 0.15) is 22.8 Å². The van der Waals surface area contributed by atoms with E-state index in [0.717, 1.165) is 0 Å². The Kier molecular flexibility index (Phi) is 4.61. The zero-order valence-corrected chi connectivity index (χ0v) is 13.4. The van der Waals surface area contributed by atoms with Gasteiger partial charge < -0.3 is 14.6 Å². The fraction of sp³-hybridized carbons (Fsp3) is 0.0769. The highest BCUT2D eigenvalue weighted by Gasteiger charge is 2.14. The highest BCUT2D eigenvalue weighted by molar-refractivity contribution is 9.11. The summed E-state index contributed by atoms with van der Waals surface area (Å²) >= 11 is 6.70. The number of ether oxygens (including phenoxy) is 2. The number of hydrogen-bond acceptors (Lipinski definition) is 4. The number of halogens is 2. The molecule has 0 saturated heterocycles. The number of rotatable bonds is 4. The van der Waals surface area contributed by atoms with Crippen molar-refractivity contribution in [3.05, 3.63) is 45.1 Å². The number of aromatic carboxylic acids is 1. The Balaban J connectivity index is 2.40. The largest absolute Gasteiger partial charge is 0.496 e. The van der Waals surface area contributed by atoms with Gasteiger partial charge in [0.2, 0.25) is 0 Å². The van der Waals surface area contributed by atoms with Gasteiger partial charge in [-0.15, -0.1) is 0 Å². The first-order valence-corrected chi connectivity index (χ1v) is 6.99. The lowest BCUT2D eigenvalue weighted by Gasteiger charge is -2.12. The Hall–Kier alpha value is -1.60. The topological polar surface area (TPSA) is 68.7 Å². The summed E-state index contributed by atoms with van der Waals surface area (Å²) < 4.78 is 12.1. The maximum atomic E-state index is 11.1. The molecule has 5 nitrogen and oxygen atoms in total. The fourth-order valence-electron chi connectivity index (χ4n) is 1.49. The number of carbonyl (C=O) groups is 1. The summed E-state index contributed by atoms with van der Waals surface area (Å²) in [5.41, 5.74) is -0.00802. The van der Waals surface area contributed by atoms with Gasteiger partial charge in [0, 0.05) is 18.5 Å². The molecular formula is C13H9Br2NO4. The van der Waals surface area contributed by atoms with E-state index in [1.165, 1.54) is 18.5 Å². The lowest BCUT2D eigenvalue weighted by molar-refractivity contribution is 0.0693. The van der Waals surface area contributed by atoms with E-state index in [0.29, 0.717) is 20.4 Å². The molecule has 0 atom stereocenters. The van der Waals surface area contributed by atoms with Gasteiger partial charge >= 0.3 is 5.97 Å². The van der Waals surface area contributed by atoms with Crippen LogP contribution in [0, 0.1) is 0 Å². The van der Waals surface area contributed by atoms with Crippen molar-refractivity contribution in [1.29, 1.82) is 0 Å². The number of nitrogens with zero attached hydrogens (tertiary/aromatic N) is 1. The molecule has 0 spiro atoms. The molecule has 0 aliphatic heterocycles. The smallest absolute Gasteiger partial charge is 0.341 e. The molecule has 0 unspecified atom stereocenters. The molecule has 0 saturated carbocycles. The standard InChI is InChI=1S/C13H9Br2NO4/c1-19-11-4-9(15)12(5-8(11)14)20-10-2-3-16-6-7(10)13(17)18/h2-6H,1H3,(H,17,18). The van der Waals surface area contributed by atoms with Crippen LogP contribution in [0.4, 0.5) is 0 Å². The average Bonchev–Trinajstić information content (AvgIpc) is 2.42. The van der Waals surface area contributed by atoms with Crippen LogP contribution in [0.25, 0.3) is 0 Å². The lowest BCUT2D eigenvalue weighted by atomic mass is 10.2. The average molecular weight is 403 g/mol. The van der Waals surface area contributed by atoms with Crippen molar-refractivity contribution >= 4 is 37.8 Å². The molecule has 0 amide bonds. The molecular weight excluding hydrogens is 394 g/mol. The predicted octanol–water partition coefficient (Wildman–Crippen LogP) is 4.11. The number of benzene rings is 1. The van der Waals surface area contributed by atoms with Gasteiger partial charge in [-0.25, -0.2) is 4.79 Å². The highest BCUT2D eigenvalue weighted by atomic mass is 79.9. The third-order valence-corrected chi connectivity index (χ3v) is 3.68. The first-order valence-electron chi connectivity index (χ1n) is 5.41. The number of methoxy groups -OCH3 is 1. The van der Waals surface area contributed by atoms with Crippen LogP contribution in [0.2, 0.25) is 0 Å². The Morgan fingerprint density at radius 3 is 2.50 bits per heavy atom. The summed E-state index contributed by atoms with van der Waals surface area (Å²) in [6.45, 7) is 0. The van der Waals surface area contributed by atoms with Crippen molar-refractivity contribution in [3.8, 4) is 17.2 Å². The molecule has 104 valence electrons. The van der Waals surface area contributed by atoms with Crippen LogP contribution >= 0.6 is 31.9 Å². The molecule has 0 fully saturated rings. The minimum atomic E-state index is -1.10. The minimum Gasteiger partial charge on any atom is -0.496 e. The monoisotopic (exact) mass is 401 g/mol. The summed E-state index contributed by atoms with van der Waals surface area (Å²) in [6.07, 6.45) is 2.71. The van der Waals surface area contributed by atoms with Crippen molar-refractivity contribution < 1.29 is 19.4 Å². The van der Waals surface area contributed by atoms with E-state index in [1.807, 2.05) is 0 Å². The summed E-state index contributed by atoms with van der Waals surface area (Å²) in [4.78, 5) is 14.9. The fourth-order valence-corrected chi connectivity index (χ4v) is 2.38. The van der Waals surface area contributed by atoms with Crippen LogP contribution in [0.3, 0.4) is 0 Å². The Morgan fingerprint density at radius 2 is 1.85 bits per heavy atom. The SMILES string of the molecule is COc1cc(Br)c(Oc2ccncc2C(=O)O)cc1Br. The Bertz CT molecular complexity index is 661. The maximum Gasteiger partial charge on any atom is 0.341 e. The molecule has 2 aromatic rings. The molecule has 1 aromatic carbocycles. The van der Waals surface area contributed by atoms with Crippen LogP contribution < -0.4 is 9.47 Å². The second kappa shape index (κ2) is 6.23. The Morgan fingerprint density at radius 1 is 1.20 bits per heavy atom. The normalized spacial score (nSPS) is 10.2. The van der Waals surface area contributed by atoms with Gasteiger partial charge in [-0.1, -0.05) is 0 Å². The van der Waals surface area contributed by atoms with Gasteiger partial charge in [-0.05, 0) is 44.0 Å². The number of hydrogen-bond donors (Lipinski definition) is 1. The number of aromatic nitrogens is 1. The maximum absolute atomic E-state index is 11.1. The third kappa shape index (κ3) is 3.10. The van der Waals surface area contributed by atoms with E-state index in [9.17, 15) is 4.79 Å². The van der Waals surface area contributed by atoms with E-state index in [-0.39, 0.29) is 11.3 Å². The van der Waals surface area contributed by atoms with Gasteiger partial charge in [-0.2, -0.15) is 0 Å². The van der Waals surface area contributed by atoms with Crippen molar-refractivity contribution in [2.75, 3.05) is 7.11 Å². The molecule has 0 aliphatic rings. The van der Waals surface area contributed by atoms with Crippen molar-refractivity contribution in [3.63, 3.8) is 0 Å². The zero-order valence-electron chi connectivity index (χ0n) is 10.3. The van der Waals surface area contributed by atoms with E-state index in [2.05, 4.69) is 36.8 Å². The summed E-state index contributed by atoms with van der Waals surface area (Å²) in [7, 11) is 1.55. The molecule has 1 aromatic heterocycles. The van der Waals surface area contributed by atoms with E-state index in [1.54, 1.807) is 19.2 Å². The first kappa shape index (κ1) is 14.8. The van der Waals surface area contributed by atoms with Crippen LogP contribution in [-0.4, -0.2) is 23.2 Å². The van der Waals surface area contributed by atoms with Gasteiger partial charge in [0.05, 0.1) is 16.1 Å². The van der Waals surface area contributed by atoms with Crippen molar-refractivity contribution in [2.45, 2.75) is 0 Å². The van der Waals surface area contributed by atoms with E-state index >= 15 is 0 Å². The second-order valence-corrected chi connectivity index (χ2v) is 5.40. The zero-order chi connectivity index (χ0) is 14.7. The molecule has 2 rings (SSSR count). The van der Waals surface area contributed by atoms with E-state index < -0.39 is 5.97 Å². The van der Waals surface area contributed by atoms with Crippen LogP contribution in [0.15, 0.2) is 39.5 Å². The molecule has 0 radical (unpaired) electrons. The number of carboxylic acid groups (broad SMARTS) is 1. The summed E-state index contributed by atoms with van der Waals surface area (Å²) in [5.74, 6) is 0.214. The van der Waals surface area contributed by atoms with E-state index in [4.69, 9.17) is 14.6 Å². The van der Waals surface area contributed by atoms with Crippen LogP contribution in [0.1, 0.15) is 10.4 Å². The number of carboxylic acids is 1. The van der Waals surface area contributed by atoms with Crippen molar-refractivity contribution in [1.82, 2.24) is 4.98 Å². The van der Waals surface area contributed by atoms with Gasteiger partial charge in [-0.3, -0.25) is 4.98 Å². The minimum absolute atomic E-state index is 0.00802. The third-order valence-electron chi connectivity index (χ3n) is 2.44. The van der Waals surface area contributed by atoms with Gasteiger partial charge in [0.15, 0.2) is 0 Å². The number of pyridine rings is 1. The summed E-state index contributed by atoms with van der Waals surface area (Å²) in [5, 5.41) is 9.09. The van der Waals surface area contributed by atoms with Crippen LogP contribution in [-0.2, 0) is 0 Å². The molecule has 7 heteroatoms. The molecule has 1 heterocycles. The lowest BCUT2D eigenvalue weighted by Crippen LogP contribution is -2.01. The molecule has 1 N–H and O–H groups in total. The summed E-state index contributed by atoms with van der Waals surface area (Å²) in [6, 6.07) is 4.91. The van der Waals surface area contributed by atoms with Crippen LogP contribution in [0.5, 0.6) is 17.2 Å². The van der Waals surface area contributed by atoms with Crippen molar-refractivity contribution in [2.24, 2.45) is 0 Å². The Labute approximate surface area is 131 Å². The first-order chi connectivity index (χ1) is 9.52. The predicted molar refractivity (Wildman–Crippen MR) is 79.7 cm³/mol. The molecule has 20 heavy (non-hydrogen) atoms. The van der Waals surface area contributed by atoms with Gasteiger partial charge in [0.25, 0.3) is 0 Å². The molecule has 0 bridgehead atoms. The second-order valence-electron chi connectivity index (χ2n) is 3.70.